The van der Waals surface area contributed by atoms with Crippen molar-refractivity contribution < 1.29 is 12.8 Å². The maximum atomic E-state index is 13.1. The smallest absolute Gasteiger partial charge is 0.263 e. The highest BCUT2D eigenvalue weighted by atomic mass is 79.9. The summed E-state index contributed by atoms with van der Waals surface area (Å²) < 4.78 is 40.1. The summed E-state index contributed by atoms with van der Waals surface area (Å²) in [6, 6.07) is 5.06. The Bertz CT molecular complexity index is 746. The van der Waals surface area contributed by atoms with Crippen LogP contribution in [0.25, 0.3) is 0 Å². The Morgan fingerprint density at radius 3 is 2.57 bits per heavy atom. The van der Waals surface area contributed by atoms with Gasteiger partial charge in [0.15, 0.2) is 0 Å². The lowest BCUT2D eigenvalue weighted by atomic mass is 10.3. The number of benzene rings is 1. The van der Waals surface area contributed by atoms with Gasteiger partial charge in [-0.15, -0.1) is 0 Å². The lowest BCUT2D eigenvalue weighted by molar-refractivity contribution is 0.600. The average molecular weight is 395 g/mol. The fraction of sp³-hybridized carbons (Fsp3) is 0.0833. The minimum Gasteiger partial charge on any atom is -0.373 e. The zero-order chi connectivity index (χ0) is 15.6. The van der Waals surface area contributed by atoms with Gasteiger partial charge in [-0.1, -0.05) is 11.6 Å². The molecule has 0 spiro atoms. The van der Waals surface area contributed by atoms with E-state index in [0.29, 0.717) is 5.82 Å². The molecule has 2 N–H and O–H groups in total. The Hall–Kier alpha value is -1.38. The Kier molecular flexibility index (Phi) is 4.70. The molecule has 0 aliphatic heterocycles. The summed E-state index contributed by atoms with van der Waals surface area (Å²) in [5, 5.41) is 2.73. The molecule has 0 bridgehead atoms. The van der Waals surface area contributed by atoms with E-state index in [0.717, 1.165) is 12.1 Å². The van der Waals surface area contributed by atoms with E-state index in [1.165, 1.54) is 18.3 Å². The molecule has 9 heteroatoms. The molecule has 0 unspecified atom stereocenters. The van der Waals surface area contributed by atoms with E-state index in [1.807, 2.05) is 0 Å². The van der Waals surface area contributed by atoms with Crippen molar-refractivity contribution in [1.82, 2.24) is 4.98 Å². The van der Waals surface area contributed by atoms with Crippen molar-refractivity contribution in [3.8, 4) is 0 Å². The molecule has 1 heterocycles. The van der Waals surface area contributed by atoms with Crippen molar-refractivity contribution >= 4 is 49.1 Å². The zero-order valence-corrected chi connectivity index (χ0v) is 13.9. The van der Waals surface area contributed by atoms with Crippen molar-refractivity contribution in [2.75, 3.05) is 17.1 Å². The second-order valence-electron chi connectivity index (χ2n) is 3.98. The molecule has 0 amide bonds. The van der Waals surface area contributed by atoms with Crippen molar-refractivity contribution in [3.05, 3.63) is 45.8 Å². The van der Waals surface area contributed by atoms with E-state index in [2.05, 4.69) is 31.0 Å². The number of nitrogens with zero attached hydrogens (tertiary/aromatic N) is 1. The summed E-state index contributed by atoms with van der Waals surface area (Å²) in [6.45, 7) is 0. The highest BCUT2D eigenvalue weighted by Crippen LogP contribution is 2.33. The first-order valence-electron chi connectivity index (χ1n) is 5.64. The largest absolute Gasteiger partial charge is 0.373 e. The zero-order valence-electron chi connectivity index (χ0n) is 10.7. The predicted molar refractivity (Wildman–Crippen MR) is 83.7 cm³/mol. The van der Waals surface area contributed by atoms with E-state index >= 15 is 0 Å². The number of pyridine rings is 1. The first-order valence-corrected chi connectivity index (χ1v) is 8.30. The highest BCUT2D eigenvalue weighted by Gasteiger charge is 2.18. The van der Waals surface area contributed by atoms with Crippen molar-refractivity contribution in [3.63, 3.8) is 0 Å². The molecular weight excluding hydrogens is 385 g/mol. The van der Waals surface area contributed by atoms with Crippen LogP contribution in [0.1, 0.15) is 0 Å². The molecule has 2 aromatic rings. The Labute approximate surface area is 134 Å². The van der Waals surface area contributed by atoms with Gasteiger partial charge in [-0.3, -0.25) is 4.72 Å². The normalized spacial score (nSPS) is 11.2. The molecule has 1 aromatic carbocycles. The second kappa shape index (κ2) is 6.17. The van der Waals surface area contributed by atoms with Crippen LogP contribution in [0.15, 0.2) is 39.8 Å². The van der Waals surface area contributed by atoms with Gasteiger partial charge in [0, 0.05) is 17.7 Å². The molecule has 0 fully saturated rings. The monoisotopic (exact) mass is 393 g/mol. The van der Waals surface area contributed by atoms with Crippen LogP contribution in [0.5, 0.6) is 0 Å². The fourth-order valence-corrected chi connectivity index (χ4v) is 3.65. The van der Waals surface area contributed by atoms with Crippen LogP contribution < -0.4 is 10.0 Å². The summed E-state index contributed by atoms with van der Waals surface area (Å²) in [5.41, 5.74) is 0.0655. The van der Waals surface area contributed by atoms with Gasteiger partial charge in [0.05, 0.1) is 10.7 Å². The van der Waals surface area contributed by atoms with Gasteiger partial charge >= 0.3 is 0 Å². The van der Waals surface area contributed by atoms with Crippen LogP contribution in [-0.2, 0) is 10.0 Å². The summed E-state index contributed by atoms with van der Waals surface area (Å²) in [6.07, 6.45) is 1.21. The van der Waals surface area contributed by atoms with Crippen LogP contribution >= 0.6 is 27.5 Å². The quantitative estimate of drug-likeness (QED) is 0.833. The van der Waals surface area contributed by atoms with Gasteiger partial charge in [-0.25, -0.2) is 17.8 Å². The number of hydrogen-bond donors (Lipinski definition) is 2. The molecule has 0 saturated carbocycles. The fourth-order valence-electron chi connectivity index (χ4n) is 1.52. The molecule has 2 rings (SSSR count). The number of halogens is 3. The molecule has 0 radical (unpaired) electrons. The molecule has 0 atom stereocenters. The van der Waals surface area contributed by atoms with Gasteiger partial charge in [0.25, 0.3) is 10.0 Å². The predicted octanol–water partition coefficient (Wildman–Crippen LogP) is 3.48. The molecule has 0 saturated heterocycles. The van der Waals surface area contributed by atoms with Gasteiger partial charge in [0.2, 0.25) is 0 Å². The standard InChI is InChI=1S/C12H10BrClFN3O2S/c1-16-11-3-2-8(6-17-11)21(19,20)18-12-9(13)4-7(15)5-10(12)14/h2-6,18H,1H3,(H,16,17). The van der Waals surface area contributed by atoms with Gasteiger partial charge in [-0.2, -0.15) is 0 Å². The Morgan fingerprint density at radius 1 is 1.33 bits per heavy atom. The third-order valence-electron chi connectivity index (χ3n) is 2.55. The minimum absolute atomic E-state index is 0.0335. The van der Waals surface area contributed by atoms with Gasteiger partial charge < -0.3 is 5.32 Å². The number of sulfonamides is 1. The summed E-state index contributed by atoms with van der Waals surface area (Å²) in [5.74, 6) is -0.0372. The number of rotatable bonds is 4. The third kappa shape index (κ3) is 3.63. The second-order valence-corrected chi connectivity index (χ2v) is 6.92. The number of nitrogens with one attached hydrogen (secondary N) is 2. The van der Waals surface area contributed by atoms with Crippen molar-refractivity contribution in [1.29, 1.82) is 0 Å². The summed E-state index contributed by atoms with van der Waals surface area (Å²) >= 11 is 8.92. The van der Waals surface area contributed by atoms with E-state index in [4.69, 9.17) is 11.6 Å². The summed E-state index contributed by atoms with van der Waals surface area (Å²) in [7, 11) is -2.20. The number of hydrogen-bond acceptors (Lipinski definition) is 4. The SMILES string of the molecule is CNc1ccc(S(=O)(=O)Nc2c(Cl)cc(F)cc2Br)cn1. The maximum Gasteiger partial charge on any atom is 0.263 e. The first-order chi connectivity index (χ1) is 9.83. The van der Waals surface area contributed by atoms with Crippen LogP contribution in [-0.4, -0.2) is 20.4 Å². The van der Waals surface area contributed by atoms with Crippen LogP contribution in [0.3, 0.4) is 0 Å². The molecule has 1 aromatic heterocycles. The Morgan fingerprint density at radius 2 is 2.05 bits per heavy atom. The Balaban J connectivity index is 2.37. The molecular formula is C12H10BrClFN3O2S. The van der Waals surface area contributed by atoms with Crippen molar-refractivity contribution in [2.24, 2.45) is 0 Å². The topological polar surface area (TPSA) is 71.1 Å². The molecule has 0 aliphatic rings. The van der Waals surface area contributed by atoms with E-state index in [-0.39, 0.29) is 20.1 Å². The minimum atomic E-state index is -3.87. The van der Waals surface area contributed by atoms with E-state index < -0.39 is 15.8 Å². The molecule has 5 nitrogen and oxygen atoms in total. The van der Waals surface area contributed by atoms with E-state index in [9.17, 15) is 12.8 Å². The molecule has 21 heavy (non-hydrogen) atoms. The first kappa shape index (κ1) is 16.0. The highest BCUT2D eigenvalue weighted by molar-refractivity contribution is 9.10. The maximum absolute atomic E-state index is 13.1. The molecule has 0 aliphatic carbocycles. The number of aromatic nitrogens is 1. The molecule has 112 valence electrons. The lowest BCUT2D eigenvalue weighted by Gasteiger charge is -2.11. The van der Waals surface area contributed by atoms with Crippen LogP contribution in [0, 0.1) is 5.82 Å². The summed E-state index contributed by atoms with van der Waals surface area (Å²) in [4.78, 5) is 3.90. The lowest BCUT2D eigenvalue weighted by Crippen LogP contribution is -2.14. The van der Waals surface area contributed by atoms with Crippen molar-refractivity contribution in [2.45, 2.75) is 4.90 Å². The van der Waals surface area contributed by atoms with Gasteiger partial charge in [-0.05, 0) is 40.2 Å². The number of anilines is 2. The van der Waals surface area contributed by atoms with Crippen LogP contribution in [0.2, 0.25) is 5.02 Å². The van der Waals surface area contributed by atoms with E-state index in [1.54, 1.807) is 7.05 Å². The third-order valence-corrected chi connectivity index (χ3v) is 4.80. The average Bonchev–Trinajstić information content (AvgIpc) is 2.43. The van der Waals surface area contributed by atoms with Gasteiger partial charge in [0.1, 0.15) is 16.5 Å². The van der Waals surface area contributed by atoms with Crippen LogP contribution in [0.4, 0.5) is 15.9 Å².